The normalized spacial score (nSPS) is 12.2. The summed E-state index contributed by atoms with van der Waals surface area (Å²) >= 11 is 0. The van der Waals surface area contributed by atoms with Crippen molar-refractivity contribution in [3.8, 4) is 11.3 Å². The first kappa shape index (κ1) is 16.4. The number of nitrogens with zero attached hydrogens (tertiary/aromatic N) is 2. The molecule has 3 rings (SSSR count). The standard InChI is InChI=1S/C20H22N2O2/c1-20(2,21(3)4)19(24)14-10-11-17-15(18(14)23)12-13-8-6-7-9-16(13)22(17)5/h6-12H,1-5H3. The van der Waals surface area contributed by atoms with E-state index in [1.165, 1.54) is 0 Å². The third kappa shape index (κ3) is 2.34. The van der Waals surface area contributed by atoms with Gasteiger partial charge in [0.25, 0.3) is 0 Å². The molecule has 0 aromatic heterocycles. The van der Waals surface area contributed by atoms with Gasteiger partial charge in [0.1, 0.15) is 0 Å². The van der Waals surface area contributed by atoms with E-state index in [0.717, 1.165) is 16.6 Å². The van der Waals surface area contributed by atoms with Crippen molar-refractivity contribution in [2.24, 2.45) is 7.05 Å². The van der Waals surface area contributed by atoms with Gasteiger partial charge in [-0.25, -0.2) is 0 Å². The van der Waals surface area contributed by atoms with E-state index >= 15 is 0 Å². The predicted molar refractivity (Wildman–Crippen MR) is 97.9 cm³/mol. The molecule has 124 valence electrons. The zero-order chi connectivity index (χ0) is 17.6. The number of pyridine rings is 1. The van der Waals surface area contributed by atoms with Crippen molar-refractivity contribution in [2.75, 3.05) is 14.1 Å². The number of rotatable bonds is 3. The third-order valence-electron chi connectivity index (χ3n) is 5.05. The number of hydrogen-bond donors (Lipinski definition) is 0. The van der Waals surface area contributed by atoms with Crippen LogP contribution in [0.15, 0.2) is 47.3 Å². The lowest BCUT2D eigenvalue weighted by atomic mass is 9.89. The Morgan fingerprint density at radius 1 is 1.08 bits per heavy atom. The van der Waals surface area contributed by atoms with Crippen LogP contribution in [0.5, 0.6) is 0 Å². The molecule has 1 aliphatic carbocycles. The van der Waals surface area contributed by atoms with E-state index in [-0.39, 0.29) is 16.8 Å². The number of ketones is 1. The van der Waals surface area contributed by atoms with Gasteiger partial charge in [-0.2, -0.15) is 0 Å². The maximum atomic E-state index is 13.0. The lowest BCUT2D eigenvalue weighted by molar-refractivity contribution is 0.0754. The van der Waals surface area contributed by atoms with E-state index in [4.69, 9.17) is 0 Å². The zero-order valence-corrected chi connectivity index (χ0v) is 14.8. The van der Waals surface area contributed by atoms with E-state index in [9.17, 15) is 9.59 Å². The highest BCUT2D eigenvalue weighted by Gasteiger charge is 2.33. The van der Waals surface area contributed by atoms with Gasteiger partial charge in [-0.05, 0) is 57.6 Å². The number of carbonyl (C=O) groups excluding carboxylic acids is 1. The molecule has 0 saturated carbocycles. The zero-order valence-electron chi connectivity index (χ0n) is 14.8. The molecule has 0 spiro atoms. The van der Waals surface area contributed by atoms with Crippen LogP contribution < -0.4 is 5.43 Å². The first-order valence-electron chi connectivity index (χ1n) is 7.99. The largest absolute Gasteiger partial charge is 0.344 e. The molecule has 0 N–H and O–H groups in total. The summed E-state index contributed by atoms with van der Waals surface area (Å²) < 4.78 is 2.00. The molecule has 0 saturated heterocycles. The molecule has 1 aliphatic heterocycles. The van der Waals surface area contributed by atoms with E-state index in [1.807, 2.05) is 80.9 Å². The van der Waals surface area contributed by atoms with Gasteiger partial charge in [0.2, 0.25) is 0 Å². The lowest BCUT2D eigenvalue weighted by Gasteiger charge is -2.30. The van der Waals surface area contributed by atoms with E-state index in [0.29, 0.717) is 5.56 Å². The number of para-hydroxylation sites is 1. The lowest BCUT2D eigenvalue weighted by Crippen LogP contribution is -2.47. The van der Waals surface area contributed by atoms with Crippen LogP contribution >= 0.6 is 0 Å². The second kappa shape index (κ2) is 5.56. The Morgan fingerprint density at radius 3 is 2.42 bits per heavy atom. The van der Waals surface area contributed by atoms with Gasteiger partial charge in [0.05, 0.1) is 16.8 Å². The molecule has 1 aromatic rings. The van der Waals surface area contributed by atoms with Crippen LogP contribution in [0.25, 0.3) is 22.2 Å². The summed E-state index contributed by atoms with van der Waals surface area (Å²) in [6, 6.07) is 13.3. The summed E-state index contributed by atoms with van der Waals surface area (Å²) in [7, 11) is 5.63. The van der Waals surface area contributed by atoms with Crippen LogP contribution in [-0.2, 0) is 7.05 Å². The van der Waals surface area contributed by atoms with E-state index in [1.54, 1.807) is 6.07 Å². The van der Waals surface area contributed by atoms with Crippen molar-refractivity contribution in [1.29, 1.82) is 0 Å². The average Bonchev–Trinajstić information content (AvgIpc) is 2.55. The summed E-state index contributed by atoms with van der Waals surface area (Å²) in [4.78, 5) is 27.7. The summed E-state index contributed by atoms with van der Waals surface area (Å²) in [6.07, 6.45) is 0. The maximum absolute atomic E-state index is 13.0. The Hall–Kier alpha value is -2.46. The minimum Gasteiger partial charge on any atom is -0.344 e. The number of Topliss-reactive ketones (excluding diaryl/α,β-unsaturated/α-hetero) is 1. The Morgan fingerprint density at radius 2 is 1.75 bits per heavy atom. The SMILES string of the molecule is CN(C)C(C)(C)C(=O)c1ccc2n(C)c3ccccc3cc-2c1=O. The number of benzene rings is 2. The number of hydrogen-bond acceptors (Lipinski definition) is 3. The molecule has 0 amide bonds. The number of fused-ring (bicyclic) bond motifs is 2. The molecular weight excluding hydrogens is 300 g/mol. The first-order chi connectivity index (χ1) is 11.2. The van der Waals surface area contributed by atoms with Gasteiger partial charge >= 0.3 is 0 Å². The van der Waals surface area contributed by atoms with Gasteiger partial charge in [0.15, 0.2) is 11.2 Å². The number of aromatic nitrogens is 1. The molecule has 1 aromatic carbocycles. The van der Waals surface area contributed by atoms with Crippen molar-refractivity contribution < 1.29 is 4.79 Å². The fourth-order valence-corrected chi connectivity index (χ4v) is 2.93. The monoisotopic (exact) mass is 322 g/mol. The van der Waals surface area contributed by atoms with Crippen LogP contribution in [-0.4, -0.2) is 34.9 Å². The van der Waals surface area contributed by atoms with Crippen molar-refractivity contribution in [3.63, 3.8) is 0 Å². The van der Waals surface area contributed by atoms with Crippen molar-refractivity contribution in [3.05, 3.63) is 58.3 Å². The van der Waals surface area contributed by atoms with Gasteiger partial charge in [-0.15, -0.1) is 0 Å². The highest BCUT2D eigenvalue weighted by molar-refractivity contribution is 6.04. The average molecular weight is 322 g/mol. The van der Waals surface area contributed by atoms with E-state index < -0.39 is 5.54 Å². The molecule has 0 bridgehead atoms. The second-order valence-corrected chi connectivity index (χ2v) is 6.92. The number of likely N-dealkylation sites (N-methyl/N-ethyl adjacent to an activating group) is 1. The molecule has 0 unspecified atom stereocenters. The molecule has 0 radical (unpaired) electrons. The maximum Gasteiger partial charge on any atom is 0.198 e. The molecule has 0 atom stereocenters. The second-order valence-electron chi connectivity index (χ2n) is 6.92. The highest BCUT2D eigenvalue weighted by Crippen LogP contribution is 2.26. The molecule has 1 heterocycles. The molecule has 2 aliphatic rings. The molecule has 4 heteroatoms. The van der Waals surface area contributed by atoms with Crippen LogP contribution in [0.3, 0.4) is 0 Å². The van der Waals surface area contributed by atoms with Crippen LogP contribution in [0, 0.1) is 0 Å². The van der Waals surface area contributed by atoms with Crippen molar-refractivity contribution in [2.45, 2.75) is 19.4 Å². The van der Waals surface area contributed by atoms with Crippen LogP contribution in [0.1, 0.15) is 24.2 Å². The van der Waals surface area contributed by atoms with Crippen LogP contribution in [0.4, 0.5) is 0 Å². The van der Waals surface area contributed by atoms with Crippen LogP contribution in [0.2, 0.25) is 0 Å². The summed E-state index contributed by atoms with van der Waals surface area (Å²) in [5.41, 5.74) is 1.78. The Bertz CT molecular complexity index is 967. The van der Waals surface area contributed by atoms with Crippen molar-refractivity contribution >= 4 is 16.7 Å². The van der Waals surface area contributed by atoms with Crippen molar-refractivity contribution in [1.82, 2.24) is 9.47 Å². The summed E-state index contributed by atoms with van der Waals surface area (Å²) in [6.45, 7) is 3.67. The highest BCUT2D eigenvalue weighted by atomic mass is 16.1. The Kier molecular flexibility index (Phi) is 3.80. The quantitative estimate of drug-likeness (QED) is 0.549. The summed E-state index contributed by atoms with van der Waals surface area (Å²) in [5, 5.41) is 0.987. The first-order valence-corrected chi connectivity index (χ1v) is 7.99. The fourth-order valence-electron chi connectivity index (χ4n) is 2.93. The predicted octanol–water partition coefficient (Wildman–Crippen LogP) is 3.17. The summed E-state index contributed by atoms with van der Waals surface area (Å²) in [5.74, 6) is -0.157. The number of carbonyl (C=O) groups is 1. The minimum absolute atomic E-state index is 0.157. The molecule has 24 heavy (non-hydrogen) atoms. The molecular formula is C20H22N2O2. The fraction of sp³-hybridized carbons (Fsp3) is 0.300. The molecule has 0 fully saturated rings. The Labute approximate surface area is 141 Å². The minimum atomic E-state index is -0.730. The van der Waals surface area contributed by atoms with Gasteiger partial charge in [0, 0.05) is 18.1 Å². The molecule has 4 nitrogen and oxygen atoms in total. The number of aryl methyl sites for hydroxylation is 1. The van der Waals surface area contributed by atoms with E-state index in [2.05, 4.69) is 0 Å². The van der Waals surface area contributed by atoms with Gasteiger partial charge in [-0.1, -0.05) is 18.2 Å². The topological polar surface area (TPSA) is 42.3 Å². The smallest absolute Gasteiger partial charge is 0.198 e. The Balaban J connectivity index is 2.30. The third-order valence-corrected chi connectivity index (χ3v) is 5.05. The van der Waals surface area contributed by atoms with Gasteiger partial charge < -0.3 is 4.57 Å². The van der Waals surface area contributed by atoms with Gasteiger partial charge in [-0.3, -0.25) is 14.5 Å².